The van der Waals surface area contributed by atoms with E-state index in [0.29, 0.717) is 11.3 Å². The maximum atomic E-state index is 11.8. The SMILES string of the molecule is N#Cc1ccc(C(=O)Nc2ccc(O)c(Cl)c2)nc1. The van der Waals surface area contributed by atoms with E-state index in [-0.39, 0.29) is 16.5 Å². The van der Waals surface area contributed by atoms with Gasteiger partial charge in [0.25, 0.3) is 5.91 Å². The first-order valence-corrected chi connectivity index (χ1v) is 5.64. The van der Waals surface area contributed by atoms with Gasteiger partial charge in [0.1, 0.15) is 17.5 Å². The van der Waals surface area contributed by atoms with Crippen molar-refractivity contribution < 1.29 is 9.90 Å². The Kier molecular flexibility index (Phi) is 3.64. The number of halogens is 1. The molecule has 0 aliphatic carbocycles. The molecule has 0 aliphatic heterocycles. The van der Waals surface area contributed by atoms with Gasteiger partial charge in [0.15, 0.2) is 0 Å². The molecule has 1 aromatic heterocycles. The second-order valence-corrected chi connectivity index (χ2v) is 4.07. The van der Waals surface area contributed by atoms with E-state index < -0.39 is 5.91 Å². The molecule has 19 heavy (non-hydrogen) atoms. The Labute approximate surface area is 114 Å². The van der Waals surface area contributed by atoms with E-state index in [1.807, 2.05) is 6.07 Å². The smallest absolute Gasteiger partial charge is 0.274 e. The number of hydrogen-bond acceptors (Lipinski definition) is 4. The van der Waals surface area contributed by atoms with Crippen molar-refractivity contribution in [1.29, 1.82) is 5.26 Å². The number of aromatic hydroxyl groups is 1. The number of hydrogen-bond donors (Lipinski definition) is 2. The maximum Gasteiger partial charge on any atom is 0.274 e. The Morgan fingerprint density at radius 1 is 1.37 bits per heavy atom. The number of nitrogens with zero attached hydrogens (tertiary/aromatic N) is 2. The van der Waals surface area contributed by atoms with Gasteiger partial charge in [0.2, 0.25) is 0 Å². The number of phenols is 1. The highest BCUT2D eigenvalue weighted by molar-refractivity contribution is 6.32. The first-order valence-electron chi connectivity index (χ1n) is 5.26. The minimum absolute atomic E-state index is 0.0591. The minimum atomic E-state index is -0.425. The summed E-state index contributed by atoms with van der Waals surface area (Å²) in [6.07, 6.45) is 1.32. The molecule has 2 aromatic rings. The van der Waals surface area contributed by atoms with Crippen molar-refractivity contribution in [2.24, 2.45) is 0 Å². The van der Waals surface area contributed by atoms with Gasteiger partial charge in [-0.3, -0.25) is 4.79 Å². The Bertz CT molecular complexity index is 663. The molecular weight excluding hydrogens is 266 g/mol. The number of amides is 1. The highest BCUT2D eigenvalue weighted by atomic mass is 35.5. The Balaban J connectivity index is 2.16. The summed E-state index contributed by atoms with van der Waals surface area (Å²) >= 11 is 5.73. The van der Waals surface area contributed by atoms with Crippen LogP contribution in [-0.4, -0.2) is 16.0 Å². The van der Waals surface area contributed by atoms with Gasteiger partial charge in [0.05, 0.1) is 10.6 Å². The average molecular weight is 274 g/mol. The van der Waals surface area contributed by atoms with Gasteiger partial charge >= 0.3 is 0 Å². The predicted octanol–water partition coefficient (Wildman–Crippen LogP) is 2.56. The molecule has 0 radical (unpaired) electrons. The third-order valence-electron chi connectivity index (χ3n) is 2.33. The third kappa shape index (κ3) is 3.00. The molecule has 0 aliphatic rings. The van der Waals surface area contributed by atoms with Crippen LogP contribution in [0, 0.1) is 11.3 Å². The molecule has 0 fully saturated rings. The maximum absolute atomic E-state index is 11.8. The zero-order valence-corrected chi connectivity index (χ0v) is 10.3. The number of pyridine rings is 1. The number of rotatable bonds is 2. The summed E-state index contributed by atoms with van der Waals surface area (Å²) in [7, 11) is 0. The van der Waals surface area contributed by atoms with Crippen molar-refractivity contribution in [2.45, 2.75) is 0 Å². The van der Waals surface area contributed by atoms with Crippen molar-refractivity contribution in [3.63, 3.8) is 0 Å². The molecule has 6 heteroatoms. The Morgan fingerprint density at radius 3 is 2.74 bits per heavy atom. The van der Waals surface area contributed by atoms with Crippen molar-refractivity contribution >= 4 is 23.2 Å². The fourth-order valence-corrected chi connectivity index (χ4v) is 1.55. The van der Waals surface area contributed by atoms with Gasteiger partial charge in [-0.1, -0.05) is 11.6 Å². The van der Waals surface area contributed by atoms with E-state index in [0.717, 1.165) is 0 Å². The molecule has 0 spiro atoms. The highest BCUT2D eigenvalue weighted by Crippen LogP contribution is 2.26. The number of aromatic nitrogens is 1. The molecule has 2 N–H and O–H groups in total. The summed E-state index contributed by atoms with van der Waals surface area (Å²) < 4.78 is 0. The standard InChI is InChI=1S/C13H8ClN3O2/c14-10-5-9(2-4-12(10)18)17-13(19)11-3-1-8(6-15)7-16-11/h1-5,7,18H,(H,17,19). The monoisotopic (exact) mass is 273 g/mol. The molecule has 1 heterocycles. The van der Waals surface area contributed by atoms with Crippen LogP contribution in [0.25, 0.3) is 0 Å². The second kappa shape index (κ2) is 5.38. The molecule has 5 nitrogen and oxygen atoms in total. The van der Waals surface area contributed by atoms with Crippen LogP contribution in [0.1, 0.15) is 16.1 Å². The summed E-state index contributed by atoms with van der Waals surface area (Å²) in [5.74, 6) is -0.484. The molecular formula is C13H8ClN3O2. The molecule has 0 unspecified atom stereocenters. The van der Waals surface area contributed by atoms with Crippen molar-refractivity contribution in [1.82, 2.24) is 4.98 Å². The Morgan fingerprint density at radius 2 is 2.16 bits per heavy atom. The fraction of sp³-hybridized carbons (Fsp3) is 0. The van der Waals surface area contributed by atoms with Gasteiger partial charge < -0.3 is 10.4 Å². The number of nitriles is 1. The number of carbonyl (C=O) groups excluding carboxylic acids is 1. The summed E-state index contributed by atoms with van der Waals surface area (Å²) in [4.78, 5) is 15.7. The predicted molar refractivity (Wildman–Crippen MR) is 70.0 cm³/mol. The van der Waals surface area contributed by atoms with Gasteiger partial charge in [-0.15, -0.1) is 0 Å². The third-order valence-corrected chi connectivity index (χ3v) is 2.63. The van der Waals surface area contributed by atoms with Crippen LogP contribution >= 0.6 is 11.6 Å². The molecule has 0 atom stereocenters. The number of anilines is 1. The largest absolute Gasteiger partial charge is 0.506 e. The first kappa shape index (κ1) is 12.9. The molecule has 1 amide bonds. The van der Waals surface area contributed by atoms with Crippen LogP contribution in [0.3, 0.4) is 0 Å². The molecule has 1 aromatic carbocycles. The van der Waals surface area contributed by atoms with Crippen LogP contribution in [0.2, 0.25) is 5.02 Å². The van der Waals surface area contributed by atoms with E-state index in [4.69, 9.17) is 16.9 Å². The number of nitrogens with one attached hydrogen (secondary N) is 1. The topological polar surface area (TPSA) is 86.0 Å². The number of carbonyl (C=O) groups is 1. The van der Waals surface area contributed by atoms with Crippen molar-refractivity contribution in [3.05, 3.63) is 52.8 Å². The lowest BCUT2D eigenvalue weighted by Crippen LogP contribution is -2.13. The van der Waals surface area contributed by atoms with Crippen LogP contribution in [0.5, 0.6) is 5.75 Å². The lowest BCUT2D eigenvalue weighted by molar-refractivity contribution is 0.102. The average Bonchev–Trinajstić information content (AvgIpc) is 2.43. The minimum Gasteiger partial charge on any atom is -0.506 e. The lowest BCUT2D eigenvalue weighted by Gasteiger charge is -2.05. The van der Waals surface area contributed by atoms with E-state index in [1.54, 1.807) is 0 Å². The van der Waals surface area contributed by atoms with Gasteiger partial charge in [-0.2, -0.15) is 5.26 Å². The van der Waals surface area contributed by atoms with Crippen LogP contribution < -0.4 is 5.32 Å². The van der Waals surface area contributed by atoms with Crippen LogP contribution in [-0.2, 0) is 0 Å². The van der Waals surface area contributed by atoms with Crippen LogP contribution in [0.4, 0.5) is 5.69 Å². The summed E-state index contributed by atoms with van der Waals surface area (Å²) in [5, 5.41) is 20.6. The number of benzene rings is 1. The van der Waals surface area contributed by atoms with E-state index in [1.165, 1.54) is 36.5 Å². The summed E-state index contributed by atoms with van der Waals surface area (Å²) in [5.41, 5.74) is 1.01. The first-order chi connectivity index (χ1) is 9.10. The number of phenolic OH excluding ortho intramolecular Hbond substituents is 1. The van der Waals surface area contributed by atoms with Crippen molar-refractivity contribution in [2.75, 3.05) is 5.32 Å². The lowest BCUT2D eigenvalue weighted by atomic mass is 10.2. The van der Waals surface area contributed by atoms with Gasteiger partial charge in [0, 0.05) is 11.9 Å². The van der Waals surface area contributed by atoms with E-state index in [9.17, 15) is 9.90 Å². The van der Waals surface area contributed by atoms with Gasteiger partial charge in [-0.05, 0) is 30.3 Å². The highest BCUT2D eigenvalue weighted by Gasteiger charge is 2.08. The second-order valence-electron chi connectivity index (χ2n) is 3.66. The zero-order valence-electron chi connectivity index (χ0n) is 9.59. The zero-order chi connectivity index (χ0) is 13.8. The quantitative estimate of drug-likeness (QED) is 0.824. The summed E-state index contributed by atoms with van der Waals surface area (Å²) in [6, 6.07) is 9.20. The fourth-order valence-electron chi connectivity index (χ4n) is 1.37. The van der Waals surface area contributed by atoms with E-state index in [2.05, 4.69) is 10.3 Å². The molecule has 0 saturated carbocycles. The van der Waals surface area contributed by atoms with Crippen molar-refractivity contribution in [3.8, 4) is 11.8 Å². The Hall–Kier alpha value is -2.58. The summed E-state index contributed by atoms with van der Waals surface area (Å²) in [6.45, 7) is 0. The van der Waals surface area contributed by atoms with E-state index >= 15 is 0 Å². The molecule has 0 saturated heterocycles. The molecule has 94 valence electrons. The molecule has 2 rings (SSSR count). The molecule has 0 bridgehead atoms. The van der Waals surface area contributed by atoms with Crippen LogP contribution in [0.15, 0.2) is 36.5 Å². The van der Waals surface area contributed by atoms with Gasteiger partial charge in [-0.25, -0.2) is 4.98 Å². The normalized spacial score (nSPS) is 9.68.